The molecule has 1 aliphatic rings. The highest BCUT2D eigenvalue weighted by Gasteiger charge is 2.27. The average molecular weight is 417 g/mol. The van der Waals surface area contributed by atoms with E-state index in [0.29, 0.717) is 18.0 Å². The third-order valence-corrected chi connectivity index (χ3v) is 4.83. The number of anilines is 2. The second-order valence-corrected chi connectivity index (χ2v) is 7.11. The van der Waals surface area contributed by atoms with Gasteiger partial charge in [0, 0.05) is 16.9 Å². The lowest BCUT2D eigenvalue weighted by Gasteiger charge is -2.16. The van der Waals surface area contributed by atoms with Gasteiger partial charge in [-0.2, -0.15) is 0 Å². The normalized spacial score (nSPS) is 12.3. The first-order valence-corrected chi connectivity index (χ1v) is 9.79. The Balaban J connectivity index is 1.30. The van der Waals surface area contributed by atoms with Crippen molar-refractivity contribution in [2.24, 2.45) is 0 Å². The lowest BCUT2D eigenvalue weighted by molar-refractivity contribution is -0.121. The zero-order valence-electron chi connectivity index (χ0n) is 16.0. The minimum atomic E-state index is -0.353. The van der Waals surface area contributed by atoms with Crippen molar-refractivity contribution in [1.82, 2.24) is 5.32 Å². The number of fused-ring (bicyclic) bond motifs is 1. The highest BCUT2D eigenvalue weighted by molar-refractivity contribution is 7.80. The number of amides is 2. The van der Waals surface area contributed by atoms with Gasteiger partial charge in [0.05, 0.1) is 6.54 Å². The van der Waals surface area contributed by atoms with Crippen LogP contribution in [-0.4, -0.2) is 23.5 Å². The molecule has 150 valence electrons. The zero-order valence-corrected chi connectivity index (χ0v) is 16.8. The number of hydrogen-bond acceptors (Lipinski definition) is 4. The molecule has 1 aliphatic heterocycles. The Morgan fingerprint density at radius 2 is 1.67 bits per heavy atom. The van der Waals surface area contributed by atoms with Gasteiger partial charge in [-0.1, -0.05) is 36.4 Å². The first-order valence-electron chi connectivity index (χ1n) is 9.39. The number of nitrogens with zero attached hydrogens (tertiary/aromatic N) is 1. The lowest BCUT2D eigenvalue weighted by atomic mass is 10.1. The topological polar surface area (TPSA) is 70.7 Å². The predicted molar refractivity (Wildman–Crippen MR) is 120 cm³/mol. The van der Waals surface area contributed by atoms with Crippen molar-refractivity contribution in [2.75, 3.05) is 16.8 Å². The van der Waals surface area contributed by atoms with E-state index >= 15 is 0 Å². The van der Waals surface area contributed by atoms with Crippen LogP contribution in [0.1, 0.15) is 15.9 Å². The molecule has 0 bridgehead atoms. The van der Waals surface area contributed by atoms with Crippen LogP contribution in [0.4, 0.5) is 11.4 Å². The number of ether oxygens (including phenoxy) is 1. The molecule has 0 saturated heterocycles. The SMILES string of the molecule is O=C(COc1ccccc1)NC(=S)Nc1ccc(N2Cc3ccccc3C2=O)cc1. The largest absolute Gasteiger partial charge is 0.484 e. The van der Waals surface area contributed by atoms with Gasteiger partial charge >= 0.3 is 0 Å². The van der Waals surface area contributed by atoms with E-state index in [1.54, 1.807) is 17.0 Å². The summed E-state index contributed by atoms with van der Waals surface area (Å²) in [5.74, 6) is 0.252. The minimum absolute atomic E-state index is 0.00694. The molecule has 2 N–H and O–H groups in total. The van der Waals surface area contributed by atoms with Crippen LogP contribution in [0.5, 0.6) is 5.75 Å². The second kappa shape index (κ2) is 8.75. The number of carbonyl (C=O) groups is 2. The van der Waals surface area contributed by atoms with E-state index < -0.39 is 0 Å². The summed E-state index contributed by atoms with van der Waals surface area (Å²) < 4.78 is 5.39. The summed E-state index contributed by atoms with van der Waals surface area (Å²) in [4.78, 5) is 26.3. The molecule has 0 spiro atoms. The fourth-order valence-electron chi connectivity index (χ4n) is 3.18. The van der Waals surface area contributed by atoms with Gasteiger partial charge in [0.2, 0.25) is 0 Å². The molecule has 0 unspecified atom stereocenters. The van der Waals surface area contributed by atoms with E-state index in [2.05, 4.69) is 10.6 Å². The van der Waals surface area contributed by atoms with Crippen LogP contribution in [0.3, 0.4) is 0 Å². The molecule has 0 atom stereocenters. The lowest BCUT2D eigenvalue weighted by Crippen LogP contribution is -2.37. The van der Waals surface area contributed by atoms with Crippen LogP contribution in [0.2, 0.25) is 0 Å². The molecule has 0 aliphatic carbocycles. The molecule has 3 aromatic rings. The van der Waals surface area contributed by atoms with Gasteiger partial charge in [-0.3, -0.25) is 14.9 Å². The quantitative estimate of drug-likeness (QED) is 0.619. The maximum Gasteiger partial charge on any atom is 0.264 e. The van der Waals surface area contributed by atoms with E-state index in [1.165, 1.54) is 0 Å². The summed E-state index contributed by atoms with van der Waals surface area (Å²) in [6.45, 7) is 0.417. The molecule has 7 heteroatoms. The number of hydrogen-bond donors (Lipinski definition) is 2. The number of rotatable bonds is 5. The number of benzene rings is 3. The minimum Gasteiger partial charge on any atom is -0.484 e. The van der Waals surface area contributed by atoms with Crippen molar-refractivity contribution >= 4 is 40.5 Å². The number of nitrogens with one attached hydrogen (secondary N) is 2. The van der Waals surface area contributed by atoms with Gasteiger partial charge in [0.1, 0.15) is 5.75 Å². The molecule has 1 heterocycles. The van der Waals surface area contributed by atoms with Crippen molar-refractivity contribution in [3.05, 3.63) is 90.0 Å². The van der Waals surface area contributed by atoms with Gasteiger partial charge in [-0.05, 0) is 60.2 Å². The molecule has 2 amide bonds. The van der Waals surface area contributed by atoms with Gasteiger partial charge in [0.25, 0.3) is 11.8 Å². The van der Waals surface area contributed by atoms with Crippen LogP contribution < -0.4 is 20.3 Å². The first-order chi connectivity index (χ1) is 14.6. The fourth-order valence-corrected chi connectivity index (χ4v) is 3.41. The van der Waals surface area contributed by atoms with Crippen molar-refractivity contribution in [2.45, 2.75) is 6.54 Å². The molecule has 0 fully saturated rings. The van der Waals surface area contributed by atoms with Crippen molar-refractivity contribution in [3.63, 3.8) is 0 Å². The van der Waals surface area contributed by atoms with E-state index in [4.69, 9.17) is 17.0 Å². The Kier molecular flexibility index (Phi) is 5.72. The molecular formula is C23H19N3O3S. The summed E-state index contributed by atoms with van der Waals surface area (Å²) in [6.07, 6.45) is 0. The molecule has 0 radical (unpaired) electrons. The smallest absolute Gasteiger partial charge is 0.264 e. The Labute approximate surface area is 179 Å². The van der Waals surface area contributed by atoms with Crippen LogP contribution in [0.15, 0.2) is 78.9 Å². The van der Waals surface area contributed by atoms with E-state index in [0.717, 1.165) is 16.8 Å². The van der Waals surface area contributed by atoms with E-state index in [9.17, 15) is 9.59 Å². The average Bonchev–Trinajstić information content (AvgIpc) is 3.10. The molecule has 30 heavy (non-hydrogen) atoms. The monoisotopic (exact) mass is 417 g/mol. The standard InChI is InChI=1S/C23H19N3O3S/c27-21(15-29-19-7-2-1-3-8-19)25-23(30)24-17-10-12-18(13-11-17)26-14-16-6-4-5-9-20(16)22(26)28/h1-13H,14-15H2,(H2,24,25,27,30). The van der Waals surface area contributed by atoms with Crippen LogP contribution >= 0.6 is 12.2 Å². The molecule has 4 rings (SSSR count). The highest BCUT2D eigenvalue weighted by atomic mass is 32.1. The number of thiocarbonyl (C=S) groups is 1. The van der Waals surface area contributed by atoms with Gasteiger partial charge in [-0.25, -0.2) is 0 Å². The molecular weight excluding hydrogens is 398 g/mol. The highest BCUT2D eigenvalue weighted by Crippen LogP contribution is 2.28. The first kappa shape index (κ1) is 19.6. The Morgan fingerprint density at radius 1 is 0.967 bits per heavy atom. The summed E-state index contributed by atoms with van der Waals surface area (Å²) in [5, 5.41) is 5.71. The zero-order chi connectivity index (χ0) is 20.9. The van der Waals surface area contributed by atoms with Crippen LogP contribution in [0.25, 0.3) is 0 Å². The Hall–Kier alpha value is -3.71. The van der Waals surface area contributed by atoms with E-state index in [1.807, 2.05) is 66.7 Å². The van der Waals surface area contributed by atoms with Gasteiger partial charge < -0.3 is 15.0 Å². The number of carbonyl (C=O) groups excluding carboxylic acids is 2. The molecule has 0 saturated carbocycles. The summed E-state index contributed by atoms with van der Waals surface area (Å²) in [5.41, 5.74) is 3.26. The molecule has 6 nitrogen and oxygen atoms in total. The van der Waals surface area contributed by atoms with Crippen molar-refractivity contribution < 1.29 is 14.3 Å². The molecule has 3 aromatic carbocycles. The summed E-state index contributed by atoms with van der Waals surface area (Å²) >= 11 is 5.19. The second-order valence-electron chi connectivity index (χ2n) is 6.70. The third-order valence-electron chi connectivity index (χ3n) is 4.62. The van der Waals surface area contributed by atoms with E-state index in [-0.39, 0.29) is 23.5 Å². The summed E-state index contributed by atoms with van der Waals surface area (Å²) in [7, 11) is 0. The van der Waals surface area contributed by atoms with Crippen LogP contribution in [-0.2, 0) is 11.3 Å². The van der Waals surface area contributed by atoms with Gasteiger partial charge in [0.15, 0.2) is 11.7 Å². The Morgan fingerprint density at radius 3 is 2.40 bits per heavy atom. The van der Waals surface area contributed by atoms with Crippen molar-refractivity contribution in [1.29, 1.82) is 0 Å². The third kappa shape index (κ3) is 4.47. The maximum absolute atomic E-state index is 12.6. The van der Waals surface area contributed by atoms with Crippen LogP contribution in [0, 0.1) is 0 Å². The predicted octanol–water partition coefficient (Wildman–Crippen LogP) is 3.74. The summed E-state index contributed by atoms with van der Waals surface area (Å²) in [6, 6.07) is 24.0. The van der Waals surface area contributed by atoms with Gasteiger partial charge in [-0.15, -0.1) is 0 Å². The maximum atomic E-state index is 12.6. The molecule has 0 aromatic heterocycles. The number of para-hydroxylation sites is 1. The Bertz CT molecular complexity index is 1080. The fraction of sp³-hybridized carbons (Fsp3) is 0.0870. The van der Waals surface area contributed by atoms with Crippen molar-refractivity contribution in [3.8, 4) is 5.75 Å².